The molecule has 0 aromatic heterocycles. The molecule has 0 aromatic carbocycles. The fourth-order valence-corrected chi connectivity index (χ4v) is 4.69. The van der Waals surface area contributed by atoms with Crippen LogP contribution in [0.5, 0.6) is 0 Å². The number of rotatable bonds is 1. The summed E-state index contributed by atoms with van der Waals surface area (Å²) in [5.41, 5.74) is 3.10. The van der Waals surface area contributed by atoms with E-state index in [2.05, 4.69) is 32.9 Å². The molecule has 0 aliphatic heterocycles. The zero-order chi connectivity index (χ0) is 17.4. The Morgan fingerprint density at radius 2 is 1.40 bits per heavy atom. The van der Waals surface area contributed by atoms with Gasteiger partial charge in [-0.25, -0.2) is 0 Å². The topological polar surface area (TPSA) is 0 Å². The minimum absolute atomic E-state index is 0. The molecule has 0 aromatic rings. The van der Waals surface area contributed by atoms with Crippen molar-refractivity contribution in [1.29, 1.82) is 0 Å². The zero-order valence-corrected chi connectivity index (χ0v) is 21.8. The molecule has 3 aliphatic carbocycles. The third kappa shape index (κ3) is 9.56. The van der Waals surface area contributed by atoms with Crippen LogP contribution in [0.2, 0.25) is 5.82 Å². The van der Waals surface area contributed by atoms with E-state index < -0.39 is 20.8 Å². The van der Waals surface area contributed by atoms with E-state index in [1.165, 1.54) is 38.5 Å². The summed E-state index contributed by atoms with van der Waals surface area (Å²) in [6.07, 6.45) is 12.6. The molecule has 0 saturated heterocycles. The molecular weight excluding hydrogens is 472 g/mol. The van der Waals surface area contributed by atoms with Gasteiger partial charge in [0.05, 0.1) is 0 Å². The van der Waals surface area contributed by atoms with Crippen LogP contribution in [-0.4, -0.2) is 5.54 Å². The van der Waals surface area contributed by atoms with Crippen molar-refractivity contribution in [2.24, 2.45) is 17.8 Å². The van der Waals surface area contributed by atoms with Gasteiger partial charge >= 0.3 is 43.4 Å². The summed E-state index contributed by atoms with van der Waals surface area (Å²) < 4.78 is 0. The van der Waals surface area contributed by atoms with E-state index in [-0.39, 0.29) is 20.4 Å². The average Bonchev–Trinajstić information content (AvgIpc) is 3.15. The Hall–Kier alpha value is 1.59. The van der Waals surface area contributed by atoms with Crippen molar-refractivity contribution in [2.45, 2.75) is 65.1 Å². The van der Waals surface area contributed by atoms with Gasteiger partial charge in [-0.2, -0.15) is 22.9 Å². The van der Waals surface area contributed by atoms with Gasteiger partial charge in [0.2, 0.25) is 0 Å². The first-order valence-corrected chi connectivity index (χ1v) is 15.7. The number of allylic oxidation sites excluding steroid dienone is 4. The van der Waals surface area contributed by atoms with Gasteiger partial charge in [-0.15, -0.1) is 0 Å². The molecule has 144 valence electrons. The maximum absolute atomic E-state index is 5.65. The van der Waals surface area contributed by atoms with Crippen molar-refractivity contribution in [3.63, 3.8) is 0 Å². The predicted octanol–water partition coefficient (Wildman–Crippen LogP) is 8.73. The molecule has 0 spiro atoms. The minimum atomic E-state index is -0.826. The van der Waals surface area contributed by atoms with Crippen LogP contribution >= 0.6 is 39.9 Å². The van der Waals surface area contributed by atoms with E-state index in [0.717, 1.165) is 17.8 Å². The normalized spacial score (nSPS) is 26.8. The van der Waals surface area contributed by atoms with Crippen LogP contribution < -0.4 is 0 Å². The number of hydrogen-bond acceptors (Lipinski definition) is 0. The Labute approximate surface area is 186 Å². The fourth-order valence-electron chi connectivity index (χ4n) is 4.18. The van der Waals surface area contributed by atoms with E-state index in [9.17, 15) is 0 Å². The van der Waals surface area contributed by atoms with Crippen LogP contribution in [0.1, 0.15) is 59.3 Å². The van der Waals surface area contributed by atoms with E-state index in [0.29, 0.717) is 5.82 Å². The average molecular weight is 505 g/mol. The van der Waals surface area contributed by atoms with Crippen molar-refractivity contribution >= 4 is 45.5 Å². The summed E-state index contributed by atoms with van der Waals surface area (Å²) in [5.74, 6) is 3.26. The van der Waals surface area contributed by atoms with Crippen LogP contribution in [0.25, 0.3) is 0 Å². The summed E-state index contributed by atoms with van der Waals surface area (Å²) in [5, 5.41) is 0. The van der Waals surface area contributed by atoms with E-state index >= 15 is 0 Å². The Bertz CT molecular complexity index is 406. The third-order valence-electron chi connectivity index (χ3n) is 5.46. The SMILES string of the molecule is CC1=CC=C(C)C2C(C)CCC12.ClB(Cl)C1CCCC1.[CH3-].[CH3-].[Cl][Zr+2][Cl]. The molecule has 0 amide bonds. The molecule has 0 N–H and O–H groups in total. The molecule has 25 heavy (non-hydrogen) atoms. The third-order valence-corrected chi connectivity index (χ3v) is 6.17. The van der Waals surface area contributed by atoms with E-state index in [4.69, 9.17) is 39.9 Å². The monoisotopic (exact) mass is 502 g/mol. The van der Waals surface area contributed by atoms with Gasteiger partial charge in [-0.3, -0.25) is 0 Å². The second kappa shape index (κ2) is 15.5. The van der Waals surface area contributed by atoms with Crippen LogP contribution in [0.3, 0.4) is 0 Å². The first kappa shape index (κ1) is 28.8. The van der Waals surface area contributed by atoms with Gasteiger partial charge in [-0.1, -0.05) is 55.9 Å². The first-order chi connectivity index (χ1) is 10.9. The van der Waals surface area contributed by atoms with E-state index in [1.54, 1.807) is 11.1 Å². The second-order valence-electron chi connectivity index (χ2n) is 6.96. The Kier molecular flexibility index (Phi) is 17.9. The second-order valence-corrected chi connectivity index (χ2v) is 11.9. The summed E-state index contributed by atoms with van der Waals surface area (Å²) in [6.45, 7) is 6.99. The van der Waals surface area contributed by atoms with Gasteiger partial charge in [0.15, 0.2) is 0 Å². The zero-order valence-electron chi connectivity index (χ0n) is 16.3. The quantitative estimate of drug-likeness (QED) is 0.247. The van der Waals surface area contributed by atoms with Gasteiger partial charge in [0.1, 0.15) is 0 Å². The molecule has 0 bridgehead atoms. The van der Waals surface area contributed by atoms with Crippen LogP contribution in [-0.2, 0) is 20.8 Å². The van der Waals surface area contributed by atoms with Crippen LogP contribution in [0.15, 0.2) is 23.3 Å². The molecule has 0 radical (unpaired) electrons. The Morgan fingerprint density at radius 1 is 0.920 bits per heavy atom. The summed E-state index contributed by atoms with van der Waals surface area (Å²) in [7, 11) is 9.87. The van der Waals surface area contributed by atoms with Gasteiger partial charge in [0.25, 0.3) is 0 Å². The number of hydrogen-bond donors (Lipinski definition) is 0. The maximum atomic E-state index is 5.65. The Balaban J connectivity index is 0. The Morgan fingerprint density at radius 3 is 1.80 bits per heavy atom. The van der Waals surface area contributed by atoms with Crippen LogP contribution in [0, 0.1) is 32.6 Å². The van der Waals surface area contributed by atoms with Crippen LogP contribution in [0.4, 0.5) is 0 Å². The van der Waals surface area contributed by atoms with Crippen molar-refractivity contribution in [3.05, 3.63) is 38.2 Å². The molecule has 3 aliphatic rings. The van der Waals surface area contributed by atoms with Crippen molar-refractivity contribution in [3.8, 4) is 0 Å². The summed E-state index contributed by atoms with van der Waals surface area (Å²) in [4.78, 5) is 0. The summed E-state index contributed by atoms with van der Waals surface area (Å²) in [6, 6.07) is 0. The molecular formula is C19H33BCl4Zr. The molecule has 0 nitrogen and oxygen atoms in total. The molecule has 3 rings (SSSR count). The van der Waals surface area contributed by atoms with Crippen molar-refractivity contribution < 1.29 is 20.8 Å². The predicted molar refractivity (Wildman–Crippen MR) is 117 cm³/mol. The van der Waals surface area contributed by atoms with Gasteiger partial charge in [-0.05, 0) is 50.3 Å². The molecule has 2 saturated carbocycles. The molecule has 6 heteroatoms. The van der Waals surface area contributed by atoms with Gasteiger partial charge in [0, 0.05) is 0 Å². The van der Waals surface area contributed by atoms with Crippen molar-refractivity contribution in [2.75, 3.05) is 0 Å². The first-order valence-electron chi connectivity index (χ1n) is 8.51. The molecule has 3 unspecified atom stereocenters. The van der Waals surface area contributed by atoms with E-state index in [1.807, 2.05) is 0 Å². The molecule has 3 atom stereocenters. The number of fused-ring (bicyclic) bond motifs is 1. The van der Waals surface area contributed by atoms with Crippen molar-refractivity contribution in [1.82, 2.24) is 0 Å². The fraction of sp³-hybridized carbons (Fsp3) is 0.684. The van der Waals surface area contributed by atoms with Gasteiger partial charge < -0.3 is 14.9 Å². The summed E-state index contributed by atoms with van der Waals surface area (Å²) >= 11 is 10.5. The standard InChI is InChI=1S/C12H18.C5H9BCl2.2CH3.2ClH.Zr/c1-8-4-5-9(2)12-10(3)6-7-11(8)12;7-6(8)5-3-1-2-4-5;;;;;/h4-5,10-12H,6-7H2,1-3H3;5H,1-4H2;2*1H3;2*1H;/q;;2*-1;;;+4/p-2. The molecule has 2 fully saturated rings. The number of halogens is 4. The molecule has 0 heterocycles.